The smallest absolute Gasteiger partial charge is 0.191 e. The molecule has 0 saturated heterocycles. The molecule has 0 heterocycles. The maximum absolute atomic E-state index is 13.2. The first kappa shape index (κ1) is 13.8. The Kier molecular flexibility index (Phi) is 4.82. The Morgan fingerprint density at radius 2 is 1.88 bits per heavy atom. The van der Waals surface area contributed by atoms with Gasteiger partial charge in [0.1, 0.15) is 11.9 Å². The van der Waals surface area contributed by atoms with Gasteiger partial charge in [-0.1, -0.05) is 26.7 Å². The van der Waals surface area contributed by atoms with Crippen LogP contribution in [0.25, 0.3) is 0 Å². The van der Waals surface area contributed by atoms with Gasteiger partial charge >= 0.3 is 0 Å². The van der Waals surface area contributed by atoms with Gasteiger partial charge in [0.05, 0.1) is 0 Å². The first-order valence-electron chi connectivity index (χ1n) is 5.99. The van der Waals surface area contributed by atoms with Gasteiger partial charge in [-0.05, 0) is 36.6 Å². The molecular weight excluding hydrogens is 219 g/mol. The maximum Gasteiger partial charge on any atom is 0.191 e. The lowest BCUT2D eigenvalue weighted by Gasteiger charge is -2.19. The molecule has 0 aliphatic heterocycles. The van der Waals surface area contributed by atoms with E-state index in [1.165, 1.54) is 12.1 Å². The number of halogens is 1. The molecule has 1 N–H and O–H groups in total. The second kappa shape index (κ2) is 5.92. The highest BCUT2D eigenvalue weighted by atomic mass is 19.1. The van der Waals surface area contributed by atoms with Crippen molar-refractivity contribution < 1.29 is 14.3 Å². The maximum atomic E-state index is 13.2. The van der Waals surface area contributed by atoms with Crippen LogP contribution in [-0.2, 0) is 0 Å². The van der Waals surface area contributed by atoms with Gasteiger partial charge in [0.25, 0.3) is 0 Å². The standard InChI is InChI=1S/C14H19FO2/c1-4-10(5-2)13(16)14(17)11-6-9(3)7-12(15)8-11/h6-8,10,13,16H,4-5H2,1-3H3. The minimum Gasteiger partial charge on any atom is -0.385 e. The van der Waals surface area contributed by atoms with E-state index in [-0.39, 0.29) is 17.3 Å². The van der Waals surface area contributed by atoms with Gasteiger partial charge in [-0.3, -0.25) is 4.79 Å². The molecule has 1 aromatic rings. The molecule has 0 radical (unpaired) electrons. The molecule has 1 aromatic carbocycles. The van der Waals surface area contributed by atoms with Crippen LogP contribution >= 0.6 is 0 Å². The molecule has 1 unspecified atom stereocenters. The number of aliphatic hydroxyl groups is 1. The largest absolute Gasteiger partial charge is 0.385 e. The highest BCUT2D eigenvalue weighted by Crippen LogP contribution is 2.18. The fourth-order valence-corrected chi connectivity index (χ4v) is 2.00. The van der Waals surface area contributed by atoms with Gasteiger partial charge < -0.3 is 5.11 Å². The topological polar surface area (TPSA) is 37.3 Å². The number of carbonyl (C=O) groups is 1. The fourth-order valence-electron chi connectivity index (χ4n) is 2.00. The number of aryl methyl sites for hydroxylation is 1. The number of benzene rings is 1. The van der Waals surface area contributed by atoms with Crippen LogP contribution in [0.5, 0.6) is 0 Å². The van der Waals surface area contributed by atoms with Gasteiger partial charge in [-0.2, -0.15) is 0 Å². The predicted octanol–water partition coefficient (Wildman–Crippen LogP) is 3.11. The molecule has 0 bridgehead atoms. The first-order chi connectivity index (χ1) is 7.99. The van der Waals surface area contributed by atoms with Gasteiger partial charge in [-0.25, -0.2) is 4.39 Å². The third-order valence-corrected chi connectivity index (χ3v) is 3.09. The number of rotatable bonds is 5. The van der Waals surface area contributed by atoms with E-state index >= 15 is 0 Å². The van der Waals surface area contributed by atoms with E-state index in [0.717, 1.165) is 12.8 Å². The summed E-state index contributed by atoms with van der Waals surface area (Å²) in [5.74, 6) is -0.891. The van der Waals surface area contributed by atoms with Gasteiger partial charge in [-0.15, -0.1) is 0 Å². The Bertz CT molecular complexity index is 377. The summed E-state index contributed by atoms with van der Waals surface area (Å²) in [5, 5.41) is 9.94. The Labute approximate surface area is 101 Å². The lowest BCUT2D eigenvalue weighted by Crippen LogP contribution is -2.29. The summed E-state index contributed by atoms with van der Waals surface area (Å²) in [6.45, 7) is 5.59. The average Bonchev–Trinajstić information content (AvgIpc) is 2.28. The zero-order chi connectivity index (χ0) is 13.0. The van der Waals surface area contributed by atoms with Crippen LogP contribution < -0.4 is 0 Å². The second-order valence-corrected chi connectivity index (χ2v) is 4.40. The first-order valence-corrected chi connectivity index (χ1v) is 5.99. The van der Waals surface area contributed by atoms with E-state index < -0.39 is 11.9 Å². The summed E-state index contributed by atoms with van der Waals surface area (Å²) in [7, 11) is 0. The Hall–Kier alpha value is -1.22. The van der Waals surface area contributed by atoms with Crippen molar-refractivity contribution in [3.05, 3.63) is 35.1 Å². The minimum absolute atomic E-state index is 0.0638. The highest BCUT2D eigenvalue weighted by Gasteiger charge is 2.24. The van der Waals surface area contributed by atoms with Crippen LogP contribution in [0.1, 0.15) is 42.6 Å². The molecule has 0 spiro atoms. The Morgan fingerprint density at radius 1 is 1.29 bits per heavy atom. The summed E-state index contributed by atoms with van der Waals surface area (Å²) in [6, 6.07) is 4.15. The van der Waals surface area contributed by atoms with Crippen molar-refractivity contribution in [2.75, 3.05) is 0 Å². The molecule has 0 aliphatic carbocycles. The van der Waals surface area contributed by atoms with E-state index in [2.05, 4.69) is 0 Å². The van der Waals surface area contributed by atoms with Crippen LogP contribution in [0.15, 0.2) is 18.2 Å². The number of Topliss-reactive ketones (excluding diaryl/α,β-unsaturated/α-hetero) is 1. The molecule has 0 saturated carbocycles. The van der Waals surface area contributed by atoms with E-state index in [4.69, 9.17) is 0 Å². The van der Waals surface area contributed by atoms with E-state index in [1.807, 2.05) is 13.8 Å². The van der Waals surface area contributed by atoms with Crippen molar-refractivity contribution in [3.8, 4) is 0 Å². The molecule has 1 atom stereocenters. The zero-order valence-corrected chi connectivity index (χ0v) is 10.5. The lowest BCUT2D eigenvalue weighted by atomic mass is 9.90. The van der Waals surface area contributed by atoms with E-state index in [9.17, 15) is 14.3 Å². The Morgan fingerprint density at radius 3 is 2.35 bits per heavy atom. The molecule has 1 rings (SSSR count). The summed E-state index contributed by atoms with van der Waals surface area (Å²) in [5.41, 5.74) is 0.937. The van der Waals surface area contributed by atoms with Gasteiger partial charge in [0.2, 0.25) is 0 Å². The number of ketones is 1. The van der Waals surface area contributed by atoms with Crippen molar-refractivity contribution in [2.24, 2.45) is 5.92 Å². The highest BCUT2D eigenvalue weighted by molar-refractivity contribution is 5.99. The third-order valence-electron chi connectivity index (χ3n) is 3.09. The zero-order valence-electron chi connectivity index (χ0n) is 10.5. The number of hydrogen-bond donors (Lipinski definition) is 1. The minimum atomic E-state index is -1.04. The molecule has 0 fully saturated rings. The van der Waals surface area contributed by atoms with Crippen LogP contribution in [0, 0.1) is 18.7 Å². The summed E-state index contributed by atoms with van der Waals surface area (Å²) in [6.07, 6.45) is 0.432. The monoisotopic (exact) mass is 238 g/mol. The molecular formula is C14H19FO2. The van der Waals surface area contributed by atoms with Crippen LogP contribution in [-0.4, -0.2) is 17.0 Å². The lowest BCUT2D eigenvalue weighted by molar-refractivity contribution is 0.0587. The quantitative estimate of drug-likeness (QED) is 0.800. The molecule has 0 aromatic heterocycles. The molecule has 2 nitrogen and oxygen atoms in total. The fraction of sp³-hybridized carbons (Fsp3) is 0.500. The van der Waals surface area contributed by atoms with Crippen LogP contribution in [0.2, 0.25) is 0 Å². The molecule has 0 aliphatic rings. The third kappa shape index (κ3) is 3.37. The van der Waals surface area contributed by atoms with Crippen molar-refractivity contribution in [2.45, 2.75) is 39.7 Å². The van der Waals surface area contributed by atoms with Crippen LogP contribution in [0.3, 0.4) is 0 Å². The van der Waals surface area contributed by atoms with Gasteiger partial charge in [0.15, 0.2) is 5.78 Å². The number of aliphatic hydroxyl groups excluding tert-OH is 1. The Balaban J connectivity index is 2.95. The number of carbonyl (C=O) groups excluding carboxylic acids is 1. The van der Waals surface area contributed by atoms with E-state index in [1.54, 1.807) is 13.0 Å². The molecule has 94 valence electrons. The summed E-state index contributed by atoms with van der Waals surface area (Å²) in [4.78, 5) is 12.0. The molecule has 0 amide bonds. The second-order valence-electron chi connectivity index (χ2n) is 4.40. The van der Waals surface area contributed by atoms with E-state index in [0.29, 0.717) is 5.56 Å². The average molecular weight is 238 g/mol. The van der Waals surface area contributed by atoms with Crippen molar-refractivity contribution in [3.63, 3.8) is 0 Å². The van der Waals surface area contributed by atoms with Crippen LogP contribution in [0.4, 0.5) is 4.39 Å². The summed E-state index contributed by atoms with van der Waals surface area (Å²) < 4.78 is 13.2. The van der Waals surface area contributed by atoms with Gasteiger partial charge in [0, 0.05) is 5.56 Å². The SMILES string of the molecule is CCC(CC)C(O)C(=O)c1cc(C)cc(F)c1. The summed E-state index contributed by atoms with van der Waals surface area (Å²) >= 11 is 0. The normalized spacial score (nSPS) is 12.8. The van der Waals surface area contributed by atoms with Crippen molar-refractivity contribution in [1.29, 1.82) is 0 Å². The number of hydrogen-bond acceptors (Lipinski definition) is 2. The molecule has 3 heteroatoms. The predicted molar refractivity (Wildman–Crippen MR) is 65.5 cm³/mol. The van der Waals surface area contributed by atoms with Crippen molar-refractivity contribution in [1.82, 2.24) is 0 Å². The molecule has 17 heavy (non-hydrogen) atoms. The van der Waals surface area contributed by atoms with Crippen molar-refractivity contribution >= 4 is 5.78 Å².